The van der Waals surface area contributed by atoms with Crippen LogP contribution >= 0.6 is 0 Å². The van der Waals surface area contributed by atoms with Gasteiger partial charge in [0.1, 0.15) is 12.6 Å². The Morgan fingerprint density at radius 3 is 2.16 bits per heavy atom. The van der Waals surface area contributed by atoms with Crippen molar-refractivity contribution in [1.29, 1.82) is 0 Å². The Balaban J connectivity index is 1.43. The fraction of sp³-hybridized carbons (Fsp3) is 0.231. The fourth-order valence-corrected chi connectivity index (χ4v) is 4.19. The Kier molecular flexibility index (Phi) is 6.03. The van der Waals surface area contributed by atoms with E-state index in [1.807, 2.05) is 67.6 Å². The summed E-state index contributed by atoms with van der Waals surface area (Å²) in [5.41, 5.74) is 6.51. The highest BCUT2D eigenvalue weighted by Crippen LogP contribution is 2.44. The van der Waals surface area contributed by atoms with Crippen LogP contribution in [0.3, 0.4) is 0 Å². The number of benzene rings is 3. The molecule has 1 atom stereocenters. The number of rotatable bonds is 7. The van der Waals surface area contributed by atoms with Gasteiger partial charge in [0.15, 0.2) is 0 Å². The van der Waals surface area contributed by atoms with E-state index in [1.165, 1.54) is 0 Å². The predicted molar refractivity (Wildman–Crippen MR) is 119 cm³/mol. The number of nitrogens with one attached hydrogen (secondary N) is 1. The van der Waals surface area contributed by atoms with Crippen molar-refractivity contribution < 1.29 is 19.4 Å². The number of carboxylic acid groups (broad SMARTS) is 1. The molecule has 0 spiro atoms. The molecule has 31 heavy (non-hydrogen) atoms. The molecule has 5 nitrogen and oxygen atoms in total. The summed E-state index contributed by atoms with van der Waals surface area (Å²) in [4.78, 5) is 24.2. The zero-order chi connectivity index (χ0) is 21.8. The molecule has 3 aromatic carbocycles. The molecular weight excluding hydrogens is 390 g/mol. The zero-order valence-electron chi connectivity index (χ0n) is 17.4. The summed E-state index contributed by atoms with van der Waals surface area (Å²) >= 11 is 0. The van der Waals surface area contributed by atoms with Crippen molar-refractivity contribution in [2.45, 2.75) is 31.7 Å². The van der Waals surface area contributed by atoms with Crippen LogP contribution in [-0.2, 0) is 22.4 Å². The summed E-state index contributed by atoms with van der Waals surface area (Å²) in [5, 5.41) is 12.1. The highest BCUT2D eigenvalue weighted by Gasteiger charge is 2.29. The molecule has 3 aromatic rings. The Labute approximate surface area is 181 Å². The van der Waals surface area contributed by atoms with Crippen LogP contribution in [0.4, 0.5) is 4.79 Å². The number of carbonyl (C=O) groups excluding carboxylic acids is 1. The van der Waals surface area contributed by atoms with E-state index < -0.39 is 18.1 Å². The van der Waals surface area contributed by atoms with Gasteiger partial charge in [0.2, 0.25) is 0 Å². The van der Waals surface area contributed by atoms with Gasteiger partial charge >= 0.3 is 12.1 Å². The maximum atomic E-state index is 12.5. The van der Waals surface area contributed by atoms with Gasteiger partial charge in [0.05, 0.1) is 0 Å². The molecule has 1 amide bonds. The van der Waals surface area contributed by atoms with E-state index in [9.17, 15) is 14.7 Å². The van der Waals surface area contributed by atoms with Crippen LogP contribution < -0.4 is 5.32 Å². The standard InChI is InChI=1S/C26H25NO4/c1-2-17-8-7-9-18(14-17)15-24(25(28)29)27-26(30)31-16-23-21-12-5-3-10-19(21)20-11-4-6-13-22(20)23/h3-14,23-24H,2,15-16H2,1H3,(H,27,30)(H,28,29). The summed E-state index contributed by atoms with van der Waals surface area (Å²) in [6.45, 7) is 2.19. The number of fused-ring (bicyclic) bond motifs is 3. The van der Waals surface area contributed by atoms with Crippen molar-refractivity contribution >= 4 is 12.1 Å². The molecule has 158 valence electrons. The van der Waals surface area contributed by atoms with Gasteiger partial charge in [0.25, 0.3) is 0 Å². The summed E-state index contributed by atoms with van der Waals surface area (Å²) < 4.78 is 5.49. The Morgan fingerprint density at radius 2 is 1.55 bits per heavy atom. The Morgan fingerprint density at radius 1 is 0.935 bits per heavy atom. The van der Waals surface area contributed by atoms with E-state index in [2.05, 4.69) is 17.4 Å². The number of hydrogen-bond donors (Lipinski definition) is 2. The first kappa shape index (κ1) is 20.7. The van der Waals surface area contributed by atoms with E-state index in [0.29, 0.717) is 0 Å². The minimum absolute atomic E-state index is 0.0670. The molecule has 0 bridgehead atoms. The Hall–Kier alpha value is -3.60. The molecule has 5 heteroatoms. The molecule has 0 heterocycles. The van der Waals surface area contributed by atoms with Crippen LogP contribution in [0, 0.1) is 0 Å². The highest BCUT2D eigenvalue weighted by molar-refractivity contribution is 5.81. The van der Waals surface area contributed by atoms with Crippen LogP contribution in [0.5, 0.6) is 0 Å². The number of hydrogen-bond acceptors (Lipinski definition) is 3. The van der Waals surface area contributed by atoms with Crippen LogP contribution in [-0.4, -0.2) is 29.8 Å². The van der Waals surface area contributed by atoms with Gasteiger partial charge in [-0.05, 0) is 39.8 Å². The van der Waals surface area contributed by atoms with Crippen LogP contribution in [0.15, 0.2) is 72.8 Å². The topological polar surface area (TPSA) is 75.6 Å². The number of amides is 1. The first-order valence-corrected chi connectivity index (χ1v) is 10.5. The number of aliphatic carboxylic acids is 1. The lowest BCUT2D eigenvalue weighted by molar-refractivity contribution is -0.139. The third-order valence-electron chi connectivity index (χ3n) is 5.77. The van der Waals surface area contributed by atoms with E-state index in [-0.39, 0.29) is 18.9 Å². The lowest BCUT2D eigenvalue weighted by Crippen LogP contribution is -2.42. The van der Waals surface area contributed by atoms with Crippen molar-refractivity contribution in [3.05, 3.63) is 95.1 Å². The van der Waals surface area contributed by atoms with Crippen molar-refractivity contribution in [2.75, 3.05) is 6.61 Å². The number of alkyl carbamates (subject to hydrolysis) is 1. The molecular formula is C26H25NO4. The quantitative estimate of drug-likeness (QED) is 0.582. The van der Waals surface area contributed by atoms with Crippen molar-refractivity contribution in [1.82, 2.24) is 5.32 Å². The number of carbonyl (C=O) groups is 2. The molecule has 0 fully saturated rings. The van der Waals surface area contributed by atoms with E-state index in [1.54, 1.807) is 0 Å². The molecule has 0 saturated heterocycles. The molecule has 1 aliphatic rings. The normalized spacial score (nSPS) is 13.2. The highest BCUT2D eigenvalue weighted by atomic mass is 16.5. The number of aryl methyl sites for hydroxylation is 1. The number of ether oxygens (including phenoxy) is 1. The lowest BCUT2D eigenvalue weighted by atomic mass is 9.98. The van der Waals surface area contributed by atoms with E-state index >= 15 is 0 Å². The molecule has 0 radical (unpaired) electrons. The SMILES string of the molecule is CCc1cccc(CC(NC(=O)OCC2c3ccccc3-c3ccccc32)C(=O)O)c1. The van der Waals surface area contributed by atoms with Crippen molar-refractivity contribution in [2.24, 2.45) is 0 Å². The maximum Gasteiger partial charge on any atom is 0.407 e. The molecule has 1 aliphatic carbocycles. The molecule has 0 aromatic heterocycles. The van der Waals surface area contributed by atoms with Crippen LogP contribution in [0.25, 0.3) is 11.1 Å². The minimum Gasteiger partial charge on any atom is -0.480 e. The molecule has 0 aliphatic heterocycles. The van der Waals surface area contributed by atoms with Gasteiger partial charge in [-0.3, -0.25) is 0 Å². The lowest BCUT2D eigenvalue weighted by Gasteiger charge is -2.18. The molecule has 4 rings (SSSR count). The second kappa shape index (κ2) is 9.04. The smallest absolute Gasteiger partial charge is 0.407 e. The fourth-order valence-electron chi connectivity index (χ4n) is 4.19. The maximum absolute atomic E-state index is 12.5. The second-order valence-corrected chi connectivity index (χ2v) is 7.74. The predicted octanol–water partition coefficient (Wildman–Crippen LogP) is 4.78. The third kappa shape index (κ3) is 4.45. The van der Waals surface area contributed by atoms with Gasteiger partial charge in [-0.25, -0.2) is 9.59 Å². The Bertz CT molecular complexity index is 1060. The summed E-state index contributed by atoms with van der Waals surface area (Å²) in [6, 6.07) is 22.9. The van der Waals surface area contributed by atoms with Gasteiger partial charge in [-0.1, -0.05) is 79.7 Å². The first-order valence-electron chi connectivity index (χ1n) is 10.5. The monoisotopic (exact) mass is 415 g/mol. The first-order chi connectivity index (χ1) is 15.1. The summed E-state index contributed by atoms with van der Waals surface area (Å²) in [6.07, 6.45) is 0.347. The van der Waals surface area contributed by atoms with E-state index in [4.69, 9.17) is 4.74 Å². The van der Waals surface area contributed by atoms with Gasteiger partial charge in [-0.2, -0.15) is 0 Å². The molecule has 1 unspecified atom stereocenters. The van der Waals surface area contributed by atoms with Crippen LogP contribution in [0.2, 0.25) is 0 Å². The third-order valence-corrected chi connectivity index (χ3v) is 5.77. The molecule has 0 saturated carbocycles. The van der Waals surface area contributed by atoms with Gasteiger partial charge < -0.3 is 15.2 Å². The van der Waals surface area contributed by atoms with E-state index in [0.717, 1.165) is 39.8 Å². The average molecular weight is 415 g/mol. The summed E-state index contributed by atoms with van der Waals surface area (Å²) in [5.74, 6) is -1.15. The summed E-state index contributed by atoms with van der Waals surface area (Å²) in [7, 11) is 0. The van der Waals surface area contributed by atoms with Crippen molar-refractivity contribution in [3.8, 4) is 11.1 Å². The largest absolute Gasteiger partial charge is 0.480 e. The molecule has 2 N–H and O–H groups in total. The van der Waals surface area contributed by atoms with Gasteiger partial charge in [0, 0.05) is 12.3 Å². The van der Waals surface area contributed by atoms with Crippen molar-refractivity contribution in [3.63, 3.8) is 0 Å². The minimum atomic E-state index is -1.09. The second-order valence-electron chi connectivity index (χ2n) is 7.74. The van der Waals surface area contributed by atoms with Crippen LogP contribution in [0.1, 0.15) is 35.1 Å². The van der Waals surface area contributed by atoms with Gasteiger partial charge in [-0.15, -0.1) is 0 Å². The zero-order valence-corrected chi connectivity index (χ0v) is 17.4. The number of carboxylic acids is 1. The average Bonchev–Trinajstić information content (AvgIpc) is 3.11.